The van der Waals surface area contributed by atoms with Crippen LogP contribution in [0.25, 0.3) is 0 Å². The molecule has 2 N–H and O–H groups in total. The van der Waals surface area contributed by atoms with Crippen LogP contribution in [0.15, 0.2) is 31.0 Å². The highest BCUT2D eigenvalue weighted by atomic mass is 16.5. The summed E-state index contributed by atoms with van der Waals surface area (Å²) in [4.78, 5) is 22.2. The fourth-order valence-corrected chi connectivity index (χ4v) is 3.00. The zero-order chi connectivity index (χ0) is 17.5. The normalized spacial score (nSPS) is 17.6. The van der Waals surface area contributed by atoms with Crippen LogP contribution in [0.4, 0.5) is 5.82 Å². The molecular formula is C17H24N6O2. The molecule has 8 nitrogen and oxygen atoms in total. The average Bonchev–Trinajstić information content (AvgIpc) is 3.14. The van der Waals surface area contributed by atoms with E-state index in [1.807, 2.05) is 17.0 Å². The maximum atomic E-state index is 12.4. The number of nitrogens with two attached hydrogens (primary N) is 1. The third kappa shape index (κ3) is 5.25. The highest BCUT2D eigenvalue weighted by Crippen LogP contribution is 2.14. The standard InChI is InChI=1S/C17H24N6O2/c18-16-10-14(5-6-20-16)3-4-15-11-22(8-9-25-15)17(24)2-1-7-23-13-19-12-21-23/h5-6,10,12-13,15H,1-4,7-9,11H2,(H2,18,20). The van der Waals surface area contributed by atoms with Crippen LogP contribution in [0.1, 0.15) is 24.8 Å². The molecule has 1 unspecified atom stereocenters. The van der Waals surface area contributed by atoms with E-state index in [-0.39, 0.29) is 12.0 Å². The Labute approximate surface area is 147 Å². The van der Waals surface area contributed by atoms with E-state index in [0.717, 1.165) is 24.8 Å². The molecular weight excluding hydrogens is 320 g/mol. The van der Waals surface area contributed by atoms with Gasteiger partial charge in [-0.3, -0.25) is 9.48 Å². The number of ether oxygens (including phenoxy) is 1. The van der Waals surface area contributed by atoms with Crippen molar-refractivity contribution in [2.75, 3.05) is 25.4 Å². The highest BCUT2D eigenvalue weighted by molar-refractivity contribution is 5.76. The average molecular weight is 344 g/mol. The fraction of sp³-hybridized carbons (Fsp3) is 0.529. The van der Waals surface area contributed by atoms with Crippen LogP contribution in [0.5, 0.6) is 0 Å². The Bertz CT molecular complexity index is 676. The van der Waals surface area contributed by atoms with Crippen LogP contribution in [0.2, 0.25) is 0 Å². The van der Waals surface area contributed by atoms with Gasteiger partial charge < -0.3 is 15.4 Å². The number of carbonyl (C=O) groups is 1. The molecule has 25 heavy (non-hydrogen) atoms. The molecule has 2 aromatic heterocycles. The topological polar surface area (TPSA) is 99.2 Å². The van der Waals surface area contributed by atoms with Gasteiger partial charge in [0.1, 0.15) is 18.5 Å². The van der Waals surface area contributed by atoms with Gasteiger partial charge in [0.05, 0.1) is 12.7 Å². The van der Waals surface area contributed by atoms with Crippen molar-refractivity contribution in [3.05, 3.63) is 36.5 Å². The molecule has 0 radical (unpaired) electrons. The number of nitrogen functional groups attached to an aromatic ring is 1. The molecule has 1 amide bonds. The van der Waals surface area contributed by atoms with Gasteiger partial charge in [-0.25, -0.2) is 9.97 Å². The second-order valence-corrected chi connectivity index (χ2v) is 6.22. The minimum Gasteiger partial charge on any atom is -0.384 e. The number of amides is 1. The summed E-state index contributed by atoms with van der Waals surface area (Å²) in [6, 6.07) is 3.85. The quantitative estimate of drug-likeness (QED) is 0.801. The molecule has 8 heteroatoms. The van der Waals surface area contributed by atoms with E-state index in [9.17, 15) is 4.79 Å². The number of aromatic nitrogens is 4. The van der Waals surface area contributed by atoms with E-state index in [4.69, 9.17) is 10.5 Å². The van der Waals surface area contributed by atoms with Gasteiger partial charge in [0.25, 0.3) is 0 Å². The van der Waals surface area contributed by atoms with Crippen LogP contribution in [-0.4, -0.2) is 56.4 Å². The minimum absolute atomic E-state index is 0.0717. The number of aryl methyl sites for hydroxylation is 2. The lowest BCUT2D eigenvalue weighted by Gasteiger charge is -2.33. The molecule has 1 fully saturated rings. The Morgan fingerprint density at radius 1 is 1.44 bits per heavy atom. The Hall–Kier alpha value is -2.48. The number of hydrogen-bond donors (Lipinski definition) is 1. The van der Waals surface area contributed by atoms with Gasteiger partial charge in [0, 0.05) is 32.3 Å². The maximum absolute atomic E-state index is 12.4. The van der Waals surface area contributed by atoms with Crippen molar-refractivity contribution in [3.8, 4) is 0 Å². The minimum atomic E-state index is 0.0717. The summed E-state index contributed by atoms with van der Waals surface area (Å²) in [7, 11) is 0. The molecule has 0 spiro atoms. The second-order valence-electron chi connectivity index (χ2n) is 6.22. The second kappa shape index (κ2) is 8.57. The Balaban J connectivity index is 1.41. The molecule has 1 atom stereocenters. The molecule has 0 bridgehead atoms. The summed E-state index contributed by atoms with van der Waals surface area (Å²) < 4.78 is 7.56. The van der Waals surface area contributed by atoms with E-state index in [1.165, 1.54) is 6.33 Å². The smallest absolute Gasteiger partial charge is 0.222 e. The predicted molar refractivity (Wildman–Crippen MR) is 92.5 cm³/mol. The number of nitrogens with zero attached hydrogens (tertiary/aromatic N) is 5. The number of hydrogen-bond acceptors (Lipinski definition) is 6. The van der Waals surface area contributed by atoms with E-state index >= 15 is 0 Å². The van der Waals surface area contributed by atoms with E-state index in [0.29, 0.717) is 38.5 Å². The number of carbonyl (C=O) groups excluding carboxylic acids is 1. The van der Waals surface area contributed by atoms with Gasteiger partial charge in [-0.1, -0.05) is 0 Å². The lowest BCUT2D eigenvalue weighted by atomic mass is 10.1. The number of anilines is 1. The molecule has 0 aliphatic carbocycles. The third-order valence-corrected chi connectivity index (χ3v) is 4.34. The zero-order valence-corrected chi connectivity index (χ0v) is 14.3. The molecule has 3 heterocycles. The van der Waals surface area contributed by atoms with Gasteiger partial charge in [-0.05, 0) is 37.0 Å². The number of morpholine rings is 1. The van der Waals surface area contributed by atoms with E-state index in [2.05, 4.69) is 15.1 Å². The summed E-state index contributed by atoms with van der Waals surface area (Å²) in [5.74, 6) is 0.716. The highest BCUT2D eigenvalue weighted by Gasteiger charge is 2.23. The van der Waals surface area contributed by atoms with Crippen molar-refractivity contribution in [2.45, 2.75) is 38.3 Å². The third-order valence-electron chi connectivity index (χ3n) is 4.34. The zero-order valence-electron chi connectivity index (χ0n) is 14.3. The van der Waals surface area contributed by atoms with Crippen molar-refractivity contribution in [1.29, 1.82) is 0 Å². The van der Waals surface area contributed by atoms with E-state index < -0.39 is 0 Å². The summed E-state index contributed by atoms with van der Waals surface area (Å²) in [5.41, 5.74) is 6.85. The first-order valence-electron chi connectivity index (χ1n) is 8.63. The summed E-state index contributed by atoms with van der Waals surface area (Å²) in [6.45, 7) is 2.63. The number of pyridine rings is 1. The summed E-state index contributed by atoms with van der Waals surface area (Å²) in [6.07, 6.45) is 7.98. The first kappa shape index (κ1) is 17.3. The largest absolute Gasteiger partial charge is 0.384 e. The van der Waals surface area contributed by atoms with Gasteiger partial charge in [0.15, 0.2) is 0 Å². The number of rotatable bonds is 7. The molecule has 2 aromatic rings. The molecule has 3 rings (SSSR count). The van der Waals surface area contributed by atoms with Gasteiger partial charge in [0.2, 0.25) is 5.91 Å². The van der Waals surface area contributed by atoms with Crippen molar-refractivity contribution in [3.63, 3.8) is 0 Å². The molecule has 1 aliphatic rings. The Morgan fingerprint density at radius 2 is 2.36 bits per heavy atom. The van der Waals surface area contributed by atoms with Crippen molar-refractivity contribution in [2.24, 2.45) is 0 Å². The van der Waals surface area contributed by atoms with Gasteiger partial charge in [-0.2, -0.15) is 5.10 Å². The first-order valence-corrected chi connectivity index (χ1v) is 8.63. The van der Waals surface area contributed by atoms with Crippen LogP contribution < -0.4 is 5.73 Å². The first-order chi connectivity index (χ1) is 12.2. The Kier molecular flexibility index (Phi) is 5.95. The Morgan fingerprint density at radius 3 is 3.16 bits per heavy atom. The molecule has 0 aromatic carbocycles. The van der Waals surface area contributed by atoms with Crippen molar-refractivity contribution >= 4 is 11.7 Å². The van der Waals surface area contributed by atoms with Crippen LogP contribution in [-0.2, 0) is 22.5 Å². The molecule has 134 valence electrons. The lowest BCUT2D eigenvalue weighted by molar-refractivity contribution is -0.139. The van der Waals surface area contributed by atoms with Crippen molar-refractivity contribution < 1.29 is 9.53 Å². The van der Waals surface area contributed by atoms with Crippen molar-refractivity contribution in [1.82, 2.24) is 24.6 Å². The molecule has 1 aliphatic heterocycles. The lowest BCUT2D eigenvalue weighted by Crippen LogP contribution is -2.45. The van der Waals surface area contributed by atoms with Crippen LogP contribution in [0, 0.1) is 0 Å². The maximum Gasteiger partial charge on any atom is 0.222 e. The fourth-order valence-electron chi connectivity index (χ4n) is 3.00. The van der Waals surface area contributed by atoms with Crippen LogP contribution in [0.3, 0.4) is 0 Å². The molecule has 1 saturated heterocycles. The van der Waals surface area contributed by atoms with Crippen LogP contribution >= 0.6 is 0 Å². The SMILES string of the molecule is Nc1cc(CCC2CN(C(=O)CCCn3cncn3)CCO2)ccn1. The van der Waals surface area contributed by atoms with E-state index in [1.54, 1.807) is 17.2 Å². The monoisotopic (exact) mass is 344 g/mol. The van der Waals surface area contributed by atoms with Gasteiger partial charge in [-0.15, -0.1) is 0 Å². The predicted octanol–water partition coefficient (Wildman–Crippen LogP) is 0.896. The summed E-state index contributed by atoms with van der Waals surface area (Å²) >= 11 is 0. The molecule has 0 saturated carbocycles. The van der Waals surface area contributed by atoms with Gasteiger partial charge >= 0.3 is 0 Å². The summed E-state index contributed by atoms with van der Waals surface area (Å²) in [5, 5.41) is 4.04.